The lowest BCUT2D eigenvalue weighted by molar-refractivity contribution is -0.386. The van der Waals surface area contributed by atoms with Gasteiger partial charge in [0, 0.05) is 11.6 Å². The fraction of sp³-hybridized carbons (Fsp3) is 0.455. The SMILES string of the molecule is CC(C)NS(=O)(=O)Cc1ccccc1C[NH3+]. The normalized spacial score (nSPS) is 12.0. The van der Waals surface area contributed by atoms with Gasteiger partial charge in [0.2, 0.25) is 10.0 Å². The summed E-state index contributed by atoms with van der Waals surface area (Å²) in [6.07, 6.45) is 0. The number of sulfonamides is 1. The Labute approximate surface area is 96.9 Å². The molecule has 1 rings (SSSR count). The lowest BCUT2D eigenvalue weighted by atomic mass is 10.1. The van der Waals surface area contributed by atoms with Crippen LogP contribution in [0.2, 0.25) is 0 Å². The Morgan fingerprint density at radius 2 is 1.81 bits per heavy atom. The third kappa shape index (κ3) is 3.92. The van der Waals surface area contributed by atoms with Crippen LogP contribution in [-0.2, 0) is 22.3 Å². The molecular weight excluding hydrogens is 224 g/mol. The van der Waals surface area contributed by atoms with E-state index in [9.17, 15) is 8.42 Å². The van der Waals surface area contributed by atoms with Gasteiger partial charge in [-0.05, 0) is 19.4 Å². The summed E-state index contributed by atoms with van der Waals surface area (Å²) >= 11 is 0. The van der Waals surface area contributed by atoms with Crippen LogP contribution in [0.1, 0.15) is 25.0 Å². The quantitative estimate of drug-likeness (QED) is 0.778. The minimum absolute atomic E-state index is 0.0247. The molecule has 0 aliphatic heterocycles. The Hall–Kier alpha value is -0.910. The Morgan fingerprint density at radius 1 is 1.25 bits per heavy atom. The van der Waals surface area contributed by atoms with Crippen molar-refractivity contribution in [2.24, 2.45) is 0 Å². The number of benzene rings is 1. The molecular formula is C11H19N2O2S+. The standard InChI is InChI=1S/C11H18N2O2S/c1-9(2)13-16(14,15)8-11-6-4-3-5-10(11)7-12/h3-6,9,13H,7-8,12H2,1-2H3/p+1. The minimum atomic E-state index is -3.24. The number of nitrogens with one attached hydrogen (secondary N) is 1. The maximum atomic E-state index is 11.7. The van der Waals surface area contributed by atoms with Gasteiger partial charge in [0.05, 0.1) is 12.3 Å². The van der Waals surface area contributed by atoms with E-state index in [0.29, 0.717) is 6.54 Å². The van der Waals surface area contributed by atoms with E-state index in [-0.39, 0.29) is 11.8 Å². The van der Waals surface area contributed by atoms with Crippen LogP contribution in [0.15, 0.2) is 24.3 Å². The first kappa shape index (κ1) is 13.2. The summed E-state index contributed by atoms with van der Waals surface area (Å²) in [7, 11) is -3.24. The van der Waals surface area contributed by atoms with Crippen LogP contribution in [0, 0.1) is 0 Å². The average molecular weight is 243 g/mol. The maximum absolute atomic E-state index is 11.7. The molecule has 0 aliphatic carbocycles. The van der Waals surface area contributed by atoms with E-state index < -0.39 is 10.0 Å². The van der Waals surface area contributed by atoms with Gasteiger partial charge in [-0.15, -0.1) is 0 Å². The lowest BCUT2D eigenvalue weighted by Gasteiger charge is -2.11. The molecule has 0 aromatic heterocycles. The predicted octanol–water partition coefficient (Wildman–Crippen LogP) is 0.256. The zero-order chi connectivity index (χ0) is 12.2. The fourth-order valence-electron chi connectivity index (χ4n) is 1.55. The molecule has 0 fully saturated rings. The third-order valence-electron chi connectivity index (χ3n) is 2.15. The van der Waals surface area contributed by atoms with Gasteiger partial charge in [0.15, 0.2) is 0 Å². The summed E-state index contributed by atoms with van der Waals surface area (Å²) in [6, 6.07) is 7.41. The van der Waals surface area contributed by atoms with Gasteiger partial charge >= 0.3 is 0 Å². The van der Waals surface area contributed by atoms with Crippen LogP contribution < -0.4 is 10.5 Å². The molecule has 0 bridgehead atoms. The molecule has 1 aromatic carbocycles. The molecule has 16 heavy (non-hydrogen) atoms. The van der Waals surface area contributed by atoms with Crippen LogP contribution >= 0.6 is 0 Å². The van der Waals surface area contributed by atoms with Gasteiger partial charge in [-0.25, -0.2) is 13.1 Å². The van der Waals surface area contributed by atoms with Gasteiger partial charge in [-0.2, -0.15) is 0 Å². The number of rotatable bonds is 5. The highest BCUT2D eigenvalue weighted by Gasteiger charge is 2.14. The van der Waals surface area contributed by atoms with Gasteiger partial charge < -0.3 is 5.73 Å². The fourth-order valence-corrected chi connectivity index (χ4v) is 3.04. The first-order valence-electron chi connectivity index (χ1n) is 5.30. The van der Waals surface area contributed by atoms with Gasteiger partial charge in [0.1, 0.15) is 0 Å². The molecule has 0 aliphatic rings. The topological polar surface area (TPSA) is 73.8 Å². The molecule has 0 amide bonds. The monoisotopic (exact) mass is 243 g/mol. The Balaban J connectivity index is 2.88. The first-order chi connectivity index (χ1) is 7.44. The molecule has 4 N–H and O–H groups in total. The van der Waals surface area contributed by atoms with E-state index in [0.717, 1.165) is 11.1 Å². The average Bonchev–Trinajstić information content (AvgIpc) is 2.15. The summed E-state index contributed by atoms with van der Waals surface area (Å²) in [5.41, 5.74) is 5.60. The number of hydrogen-bond donors (Lipinski definition) is 2. The van der Waals surface area contributed by atoms with Crippen molar-refractivity contribution in [1.82, 2.24) is 4.72 Å². The van der Waals surface area contributed by atoms with E-state index in [4.69, 9.17) is 0 Å². The van der Waals surface area contributed by atoms with Crippen molar-refractivity contribution in [1.29, 1.82) is 0 Å². The molecule has 0 spiro atoms. The zero-order valence-corrected chi connectivity index (χ0v) is 10.5. The summed E-state index contributed by atoms with van der Waals surface area (Å²) in [4.78, 5) is 0. The predicted molar refractivity (Wildman–Crippen MR) is 63.9 cm³/mol. The van der Waals surface area contributed by atoms with Crippen molar-refractivity contribution >= 4 is 10.0 Å². The minimum Gasteiger partial charge on any atom is -0.354 e. The van der Waals surface area contributed by atoms with E-state index in [1.54, 1.807) is 0 Å². The summed E-state index contributed by atoms with van der Waals surface area (Å²) in [5, 5.41) is 0. The van der Waals surface area contributed by atoms with E-state index >= 15 is 0 Å². The molecule has 0 saturated heterocycles. The number of quaternary nitrogens is 1. The largest absolute Gasteiger partial charge is 0.354 e. The Morgan fingerprint density at radius 3 is 2.31 bits per heavy atom. The van der Waals surface area contributed by atoms with Gasteiger partial charge in [0.25, 0.3) is 0 Å². The Kier molecular flexibility index (Phi) is 4.46. The van der Waals surface area contributed by atoms with Crippen molar-refractivity contribution in [3.8, 4) is 0 Å². The van der Waals surface area contributed by atoms with E-state index in [1.165, 1.54) is 0 Å². The van der Waals surface area contributed by atoms with Crippen molar-refractivity contribution in [3.63, 3.8) is 0 Å². The zero-order valence-electron chi connectivity index (χ0n) is 9.73. The van der Waals surface area contributed by atoms with Crippen LogP contribution in [-0.4, -0.2) is 14.5 Å². The Bertz CT molecular complexity index is 441. The highest BCUT2D eigenvalue weighted by Crippen LogP contribution is 2.11. The molecule has 0 unspecified atom stereocenters. The van der Waals surface area contributed by atoms with Crippen LogP contribution in [0.3, 0.4) is 0 Å². The highest BCUT2D eigenvalue weighted by atomic mass is 32.2. The second-order valence-electron chi connectivity index (χ2n) is 4.05. The summed E-state index contributed by atoms with van der Waals surface area (Å²) in [6.45, 7) is 4.23. The first-order valence-corrected chi connectivity index (χ1v) is 6.96. The smallest absolute Gasteiger partial charge is 0.216 e. The molecule has 1 aromatic rings. The van der Waals surface area contributed by atoms with Gasteiger partial charge in [-0.3, -0.25) is 0 Å². The van der Waals surface area contributed by atoms with Crippen molar-refractivity contribution < 1.29 is 14.2 Å². The van der Waals surface area contributed by atoms with Crippen LogP contribution in [0.25, 0.3) is 0 Å². The number of hydrogen-bond acceptors (Lipinski definition) is 2. The van der Waals surface area contributed by atoms with Gasteiger partial charge in [-0.1, -0.05) is 24.3 Å². The highest BCUT2D eigenvalue weighted by molar-refractivity contribution is 7.88. The van der Waals surface area contributed by atoms with Crippen molar-refractivity contribution in [3.05, 3.63) is 35.4 Å². The summed E-state index contributed by atoms with van der Waals surface area (Å²) in [5.74, 6) is 0.0247. The van der Waals surface area contributed by atoms with Crippen LogP contribution in [0.5, 0.6) is 0 Å². The molecule has 0 radical (unpaired) electrons. The van der Waals surface area contributed by atoms with E-state index in [2.05, 4.69) is 10.5 Å². The molecule has 0 atom stereocenters. The molecule has 5 heteroatoms. The van der Waals surface area contributed by atoms with Crippen LogP contribution in [0.4, 0.5) is 0 Å². The van der Waals surface area contributed by atoms with Crippen molar-refractivity contribution in [2.45, 2.75) is 32.2 Å². The molecule has 90 valence electrons. The third-order valence-corrected chi connectivity index (χ3v) is 3.67. The van der Waals surface area contributed by atoms with Crippen molar-refractivity contribution in [2.75, 3.05) is 0 Å². The molecule has 0 heterocycles. The lowest BCUT2D eigenvalue weighted by Crippen LogP contribution is -2.48. The van der Waals surface area contributed by atoms with E-state index in [1.807, 2.05) is 38.1 Å². The summed E-state index contributed by atoms with van der Waals surface area (Å²) < 4.78 is 26.1. The second-order valence-corrected chi connectivity index (χ2v) is 5.80. The maximum Gasteiger partial charge on any atom is 0.216 e. The molecule has 4 nitrogen and oxygen atoms in total. The second kappa shape index (κ2) is 5.43. The molecule has 0 saturated carbocycles.